The number of halogens is 4. The van der Waals surface area contributed by atoms with Crippen LogP contribution in [-0.2, 0) is 16.2 Å². The SMILES string of the molecule is O=S(=O)(C1CC1)N1CC[C@@H](Nc2ncc3c(F)cc(-c4ccc(C(F)(F)F)cn4)n3n2)[C@H](O)C1. The zero-order chi connectivity index (χ0) is 24.3. The minimum atomic E-state index is -4.55. The van der Waals surface area contributed by atoms with Crippen LogP contribution < -0.4 is 5.32 Å². The molecular weight excluding hydrogens is 480 g/mol. The number of alkyl halides is 3. The monoisotopic (exact) mass is 500 g/mol. The average Bonchev–Trinajstić information content (AvgIpc) is 3.60. The molecule has 1 saturated heterocycles. The third-order valence-corrected chi connectivity index (χ3v) is 8.35. The van der Waals surface area contributed by atoms with Gasteiger partial charge in [-0.25, -0.2) is 22.3 Å². The Labute approximate surface area is 191 Å². The number of nitrogens with one attached hydrogen (secondary N) is 1. The van der Waals surface area contributed by atoms with Gasteiger partial charge in [-0.05, 0) is 31.4 Å². The van der Waals surface area contributed by atoms with Crippen LogP contribution in [0.2, 0.25) is 0 Å². The number of aliphatic hydroxyl groups excluding tert-OH is 1. The molecule has 0 spiro atoms. The van der Waals surface area contributed by atoms with E-state index >= 15 is 0 Å². The van der Waals surface area contributed by atoms with Gasteiger partial charge in [-0.2, -0.15) is 17.5 Å². The predicted octanol–water partition coefficient (Wildman–Crippen LogP) is 2.29. The van der Waals surface area contributed by atoms with Crippen molar-refractivity contribution in [3.63, 3.8) is 0 Å². The summed E-state index contributed by atoms with van der Waals surface area (Å²) in [5.74, 6) is -0.638. The molecule has 0 radical (unpaired) electrons. The van der Waals surface area contributed by atoms with E-state index < -0.39 is 39.7 Å². The molecule has 34 heavy (non-hydrogen) atoms. The van der Waals surface area contributed by atoms with Crippen LogP contribution in [0.4, 0.5) is 23.5 Å². The van der Waals surface area contributed by atoms with Gasteiger partial charge in [0.05, 0.1) is 40.5 Å². The smallest absolute Gasteiger partial charge is 0.390 e. The first-order chi connectivity index (χ1) is 16.0. The highest BCUT2D eigenvalue weighted by atomic mass is 32.2. The van der Waals surface area contributed by atoms with E-state index in [1.54, 1.807) is 0 Å². The summed E-state index contributed by atoms with van der Waals surface area (Å²) in [5.41, 5.74) is -0.737. The Morgan fingerprint density at radius 1 is 1.12 bits per heavy atom. The molecule has 182 valence electrons. The topological polar surface area (TPSA) is 113 Å². The number of nitrogens with zero attached hydrogens (tertiary/aromatic N) is 5. The van der Waals surface area contributed by atoms with Gasteiger partial charge >= 0.3 is 6.18 Å². The molecule has 1 saturated carbocycles. The van der Waals surface area contributed by atoms with Crippen LogP contribution in [0.5, 0.6) is 0 Å². The van der Waals surface area contributed by atoms with Crippen LogP contribution in [0, 0.1) is 5.82 Å². The second-order valence-electron chi connectivity index (χ2n) is 8.40. The fourth-order valence-electron chi connectivity index (χ4n) is 3.96. The summed E-state index contributed by atoms with van der Waals surface area (Å²) in [6.45, 7) is 0.173. The maximum atomic E-state index is 14.4. The van der Waals surface area contributed by atoms with Crippen LogP contribution in [-0.4, -0.2) is 67.9 Å². The number of pyridine rings is 1. The van der Waals surface area contributed by atoms with E-state index in [9.17, 15) is 31.1 Å². The van der Waals surface area contributed by atoms with Gasteiger partial charge < -0.3 is 10.4 Å². The third-order valence-electron chi connectivity index (χ3n) is 5.99. The molecule has 3 aromatic rings. The van der Waals surface area contributed by atoms with Gasteiger partial charge in [0, 0.05) is 25.4 Å². The Kier molecular flexibility index (Phi) is 5.48. The number of anilines is 1. The lowest BCUT2D eigenvalue weighted by Crippen LogP contribution is -2.52. The minimum Gasteiger partial charge on any atom is -0.390 e. The number of piperidine rings is 1. The normalized spacial score (nSPS) is 22.3. The third kappa shape index (κ3) is 4.20. The highest BCUT2D eigenvalue weighted by Crippen LogP contribution is 2.33. The predicted molar refractivity (Wildman–Crippen MR) is 113 cm³/mol. The first-order valence-corrected chi connectivity index (χ1v) is 12.1. The molecular formula is C20H20F4N6O3S. The number of aromatic nitrogens is 4. The van der Waals surface area contributed by atoms with Gasteiger partial charge in [0.15, 0.2) is 5.82 Å². The molecule has 1 aliphatic carbocycles. The van der Waals surface area contributed by atoms with Gasteiger partial charge in [0.2, 0.25) is 16.0 Å². The van der Waals surface area contributed by atoms with Gasteiger partial charge in [-0.1, -0.05) is 0 Å². The Hall–Kier alpha value is -2.84. The fourth-order valence-corrected chi connectivity index (χ4v) is 5.83. The molecule has 1 aliphatic heterocycles. The Morgan fingerprint density at radius 2 is 1.88 bits per heavy atom. The molecule has 5 rings (SSSR count). The molecule has 2 fully saturated rings. The number of β-amino-alcohol motifs (C(OH)–C–C–N with tert-alkyl or cyclic N) is 1. The maximum Gasteiger partial charge on any atom is 0.417 e. The largest absolute Gasteiger partial charge is 0.417 e. The van der Waals surface area contributed by atoms with Crippen LogP contribution in [0.25, 0.3) is 16.9 Å². The molecule has 0 aromatic carbocycles. The van der Waals surface area contributed by atoms with Crippen molar-refractivity contribution in [1.29, 1.82) is 0 Å². The molecule has 2 aliphatic rings. The molecule has 0 bridgehead atoms. The molecule has 2 N–H and O–H groups in total. The molecule has 14 heteroatoms. The van der Waals surface area contributed by atoms with Gasteiger partial charge in [0.1, 0.15) is 5.52 Å². The van der Waals surface area contributed by atoms with Crippen LogP contribution in [0.3, 0.4) is 0 Å². The van der Waals surface area contributed by atoms with E-state index in [1.165, 1.54) is 15.0 Å². The molecule has 3 aromatic heterocycles. The number of hydrogen-bond donors (Lipinski definition) is 2. The van der Waals surface area contributed by atoms with E-state index in [0.717, 1.165) is 18.2 Å². The van der Waals surface area contributed by atoms with E-state index in [2.05, 4.69) is 20.4 Å². The quantitative estimate of drug-likeness (QED) is 0.517. The van der Waals surface area contributed by atoms with Crippen molar-refractivity contribution in [1.82, 2.24) is 23.9 Å². The zero-order valence-corrected chi connectivity index (χ0v) is 18.4. The van der Waals surface area contributed by atoms with Gasteiger partial charge in [0.25, 0.3) is 0 Å². The van der Waals surface area contributed by atoms with E-state index in [-0.39, 0.29) is 41.2 Å². The maximum absolute atomic E-state index is 14.4. The number of rotatable bonds is 5. The van der Waals surface area contributed by atoms with Crippen molar-refractivity contribution in [2.45, 2.75) is 42.8 Å². The van der Waals surface area contributed by atoms with E-state index in [0.29, 0.717) is 25.5 Å². The number of fused-ring (bicyclic) bond motifs is 1. The highest BCUT2D eigenvalue weighted by Gasteiger charge is 2.43. The van der Waals surface area contributed by atoms with Gasteiger partial charge in [-0.15, -0.1) is 5.10 Å². The lowest BCUT2D eigenvalue weighted by Gasteiger charge is -2.35. The summed E-state index contributed by atoms with van der Waals surface area (Å²) in [5, 5.41) is 17.3. The lowest BCUT2D eigenvalue weighted by molar-refractivity contribution is -0.137. The second kappa shape index (κ2) is 8.13. The van der Waals surface area contributed by atoms with E-state index in [1.807, 2.05) is 0 Å². The summed E-state index contributed by atoms with van der Waals surface area (Å²) < 4.78 is 80.2. The zero-order valence-electron chi connectivity index (χ0n) is 17.6. The van der Waals surface area contributed by atoms with Gasteiger partial charge in [-0.3, -0.25) is 4.98 Å². The number of aliphatic hydroxyl groups is 1. The summed E-state index contributed by atoms with van der Waals surface area (Å²) in [6, 6.07) is 2.52. The van der Waals surface area contributed by atoms with Crippen molar-refractivity contribution < 1.29 is 31.1 Å². The molecule has 0 amide bonds. The first-order valence-electron chi connectivity index (χ1n) is 10.6. The highest BCUT2D eigenvalue weighted by molar-refractivity contribution is 7.90. The fraction of sp³-hybridized carbons (Fsp3) is 0.450. The van der Waals surface area contributed by atoms with Crippen LogP contribution in [0.15, 0.2) is 30.6 Å². The van der Waals surface area contributed by atoms with Crippen molar-refractivity contribution in [2.24, 2.45) is 0 Å². The number of hydrogen-bond acceptors (Lipinski definition) is 7. The lowest BCUT2D eigenvalue weighted by atomic mass is 10.0. The second-order valence-corrected chi connectivity index (χ2v) is 10.6. The van der Waals surface area contributed by atoms with Crippen LogP contribution in [0.1, 0.15) is 24.8 Å². The van der Waals surface area contributed by atoms with E-state index in [4.69, 9.17) is 0 Å². The molecule has 2 atom stereocenters. The average molecular weight is 500 g/mol. The minimum absolute atomic E-state index is 0.00635. The van der Waals surface area contributed by atoms with Crippen molar-refractivity contribution in [3.05, 3.63) is 42.0 Å². The molecule has 4 heterocycles. The Morgan fingerprint density at radius 3 is 2.50 bits per heavy atom. The molecule has 0 unspecified atom stereocenters. The van der Waals surface area contributed by atoms with Crippen molar-refractivity contribution >= 4 is 21.5 Å². The van der Waals surface area contributed by atoms with Crippen LogP contribution >= 0.6 is 0 Å². The summed E-state index contributed by atoms with van der Waals surface area (Å²) >= 11 is 0. The molecule has 9 nitrogen and oxygen atoms in total. The first kappa shape index (κ1) is 22.9. The summed E-state index contributed by atoms with van der Waals surface area (Å²) in [7, 11) is -3.40. The summed E-state index contributed by atoms with van der Waals surface area (Å²) in [4.78, 5) is 7.86. The van der Waals surface area contributed by atoms with Crippen molar-refractivity contribution in [3.8, 4) is 11.4 Å². The standard InChI is InChI=1S/C20H20F4N6O3S/c21-13-7-16(14-4-1-11(8-25-14)20(22,23)24)30-17(13)9-26-19(28-30)27-15-5-6-29(10-18(15)31)34(32,33)12-2-3-12/h1,4,7-9,12,15,18,31H,2-3,5-6,10H2,(H,27,28)/t15-,18-/m1/s1. The Bertz CT molecular complexity index is 1320. The number of sulfonamides is 1. The summed E-state index contributed by atoms with van der Waals surface area (Å²) in [6.07, 6.45) is -2.13. The van der Waals surface area contributed by atoms with Crippen molar-refractivity contribution in [2.75, 3.05) is 18.4 Å². The Balaban J connectivity index is 1.37.